The quantitative estimate of drug-likeness (QED) is 0.488. The summed E-state index contributed by atoms with van der Waals surface area (Å²) in [6, 6.07) is 12.9. The molecule has 6 nitrogen and oxygen atoms in total. The number of nitro groups is 1. The van der Waals surface area contributed by atoms with Crippen LogP contribution in [0.5, 0.6) is 0 Å². The van der Waals surface area contributed by atoms with Crippen LogP contribution in [-0.4, -0.2) is 16.0 Å². The van der Waals surface area contributed by atoms with Crippen LogP contribution in [0.1, 0.15) is 25.0 Å². The van der Waals surface area contributed by atoms with Crippen LogP contribution in [0.25, 0.3) is 10.2 Å². The molecule has 7 heteroatoms. The maximum absolute atomic E-state index is 10.8. The predicted molar refractivity (Wildman–Crippen MR) is 100.0 cm³/mol. The number of aromatic nitrogens is 1. The second kappa shape index (κ2) is 7.58. The van der Waals surface area contributed by atoms with Gasteiger partial charge in [-0.1, -0.05) is 35.6 Å². The molecule has 0 fully saturated rings. The summed E-state index contributed by atoms with van der Waals surface area (Å²) < 4.78 is 6.39. The van der Waals surface area contributed by atoms with E-state index in [1.165, 1.54) is 17.4 Å². The fourth-order valence-corrected chi connectivity index (χ4v) is 3.19. The van der Waals surface area contributed by atoms with Crippen LogP contribution in [0.4, 0.5) is 10.8 Å². The molecule has 0 spiro atoms. The van der Waals surface area contributed by atoms with Gasteiger partial charge in [0.25, 0.3) is 5.69 Å². The first-order valence-corrected chi connectivity index (χ1v) is 8.81. The first-order valence-electron chi connectivity index (χ1n) is 7.99. The first kappa shape index (κ1) is 17.3. The summed E-state index contributed by atoms with van der Waals surface area (Å²) >= 11 is 1.42. The topological polar surface area (TPSA) is 77.3 Å². The van der Waals surface area contributed by atoms with E-state index in [0.717, 1.165) is 26.5 Å². The van der Waals surface area contributed by atoms with Crippen LogP contribution in [0.3, 0.4) is 0 Å². The lowest BCUT2D eigenvalue weighted by molar-refractivity contribution is -0.384. The molecule has 2 aromatic carbocycles. The Morgan fingerprint density at radius 1 is 1.20 bits per heavy atom. The molecule has 130 valence electrons. The Hall–Kier alpha value is -2.51. The highest BCUT2D eigenvalue weighted by molar-refractivity contribution is 7.22. The Labute approximate surface area is 149 Å². The molecule has 0 unspecified atom stereocenters. The summed E-state index contributed by atoms with van der Waals surface area (Å²) in [7, 11) is 0. The van der Waals surface area contributed by atoms with Crippen molar-refractivity contribution < 1.29 is 9.66 Å². The highest BCUT2D eigenvalue weighted by atomic mass is 32.1. The summed E-state index contributed by atoms with van der Waals surface area (Å²) in [6.45, 7) is 5.30. The summed E-state index contributed by atoms with van der Waals surface area (Å²) in [5.41, 5.74) is 3.13. The lowest BCUT2D eigenvalue weighted by atomic mass is 10.1. The zero-order valence-electron chi connectivity index (χ0n) is 14.1. The van der Waals surface area contributed by atoms with Crippen molar-refractivity contribution in [2.45, 2.75) is 33.1 Å². The summed E-state index contributed by atoms with van der Waals surface area (Å²) in [5, 5.41) is 14.9. The van der Waals surface area contributed by atoms with E-state index in [0.29, 0.717) is 13.2 Å². The van der Waals surface area contributed by atoms with Crippen LogP contribution in [0, 0.1) is 10.1 Å². The molecule has 3 aromatic rings. The number of benzene rings is 2. The van der Waals surface area contributed by atoms with Gasteiger partial charge < -0.3 is 10.1 Å². The third kappa shape index (κ3) is 4.52. The number of nitrogens with zero attached hydrogens (tertiary/aromatic N) is 2. The molecule has 0 bridgehead atoms. The van der Waals surface area contributed by atoms with E-state index in [9.17, 15) is 10.1 Å². The molecular weight excluding hydrogens is 338 g/mol. The van der Waals surface area contributed by atoms with Crippen LogP contribution in [0.15, 0.2) is 42.5 Å². The van der Waals surface area contributed by atoms with Crippen molar-refractivity contribution in [3.05, 3.63) is 63.7 Å². The standard InChI is InChI=1S/C18H19N3O3S/c1-12(2)24-11-14-5-3-13(4-6-14)10-19-18-20-16-8-7-15(21(22)23)9-17(16)25-18/h3-9,12H,10-11H2,1-2H3,(H,19,20). The molecule has 0 saturated heterocycles. The molecular formula is C18H19N3O3S. The number of nitro benzene ring substituents is 1. The molecule has 25 heavy (non-hydrogen) atoms. The molecule has 0 radical (unpaired) electrons. The van der Waals surface area contributed by atoms with Crippen molar-refractivity contribution in [3.63, 3.8) is 0 Å². The van der Waals surface area contributed by atoms with Crippen molar-refractivity contribution in [1.82, 2.24) is 4.98 Å². The van der Waals surface area contributed by atoms with Gasteiger partial charge in [0.05, 0.1) is 27.9 Å². The number of hydrogen-bond acceptors (Lipinski definition) is 6. The fraction of sp³-hybridized carbons (Fsp3) is 0.278. The largest absolute Gasteiger partial charge is 0.374 e. The molecule has 0 atom stereocenters. The first-order chi connectivity index (χ1) is 12.0. The minimum atomic E-state index is -0.392. The number of ether oxygens (including phenoxy) is 1. The van der Waals surface area contributed by atoms with Gasteiger partial charge in [0, 0.05) is 18.7 Å². The van der Waals surface area contributed by atoms with E-state index in [2.05, 4.69) is 34.6 Å². The number of nitrogens with one attached hydrogen (secondary N) is 1. The lowest BCUT2D eigenvalue weighted by Crippen LogP contribution is -2.03. The van der Waals surface area contributed by atoms with Crippen LogP contribution in [-0.2, 0) is 17.9 Å². The third-order valence-corrected chi connectivity index (χ3v) is 4.61. The number of rotatable bonds is 7. The molecule has 3 rings (SSSR count). The summed E-state index contributed by atoms with van der Waals surface area (Å²) in [5.74, 6) is 0. The van der Waals surface area contributed by atoms with E-state index in [-0.39, 0.29) is 11.8 Å². The minimum Gasteiger partial charge on any atom is -0.374 e. The predicted octanol–water partition coefficient (Wildman–Crippen LogP) is 4.74. The van der Waals surface area contributed by atoms with Crippen LogP contribution >= 0.6 is 11.3 Å². The normalized spacial score (nSPS) is 11.2. The van der Waals surface area contributed by atoms with Gasteiger partial charge in [-0.25, -0.2) is 4.98 Å². The van der Waals surface area contributed by atoms with E-state index in [1.54, 1.807) is 12.1 Å². The molecule has 0 saturated carbocycles. The van der Waals surface area contributed by atoms with Gasteiger partial charge in [-0.3, -0.25) is 10.1 Å². The average Bonchev–Trinajstić information content (AvgIpc) is 3.01. The van der Waals surface area contributed by atoms with Gasteiger partial charge in [0.15, 0.2) is 5.13 Å². The molecule has 1 heterocycles. The zero-order chi connectivity index (χ0) is 17.8. The molecule has 1 N–H and O–H groups in total. The lowest BCUT2D eigenvalue weighted by Gasteiger charge is -2.08. The van der Waals surface area contributed by atoms with Crippen molar-refractivity contribution in [1.29, 1.82) is 0 Å². The van der Waals surface area contributed by atoms with Crippen molar-refractivity contribution in [2.75, 3.05) is 5.32 Å². The number of anilines is 1. The molecule has 1 aromatic heterocycles. The monoisotopic (exact) mass is 357 g/mol. The second-order valence-corrected chi connectivity index (χ2v) is 6.99. The van der Waals surface area contributed by atoms with Gasteiger partial charge in [0.2, 0.25) is 0 Å². The Bertz CT molecular complexity index is 875. The van der Waals surface area contributed by atoms with Crippen LogP contribution in [0.2, 0.25) is 0 Å². The van der Waals surface area contributed by atoms with Gasteiger partial charge in [-0.05, 0) is 31.0 Å². The SMILES string of the molecule is CC(C)OCc1ccc(CNc2nc3ccc([N+](=O)[O-])cc3s2)cc1. The fourth-order valence-electron chi connectivity index (χ4n) is 2.30. The van der Waals surface area contributed by atoms with E-state index < -0.39 is 4.92 Å². The van der Waals surface area contributed by atoms with E-state index >= 15 is 0 Å². The molecule has 0 aliphatic rings. The third-order valence-electron chi connectivity index (χ3n) is 3.63. The second-order valence-electron chi connectivity index (χ2n) is 5.96. The Balaban J connectivity index is 1.63. The molecule has 0 aliphatic carbocycles. The highest BCUT2D eigenvalue weighted by Gasteiger charge is 2.10. The van der Waals surface area contributed by atoms with Gasteiger partial charge in [-0.2, -0.15) is 0 Å². The van der Waals surface area contributed by atoms with Crippen molar-refractivity contribution in [2.24, 2.45) is 0 Å². The minimum absolute atomic E-state index is 0.0851. The van der Waals surface area contributed by atoms with E-state index in [4.69, 9.17) is 4.74 Å². The number of thiazole rings is 1. The van der Waals surface area contributed by atoms with E-state index in [1.807, 2.05) is 13.8 Å². The maximum Gasteiger partial charge on any atom is 0.270 e. The van der Waals surface area contributed by atoms with Crippen molar-refractivity contribution >= 4 is 32.4 Å². The Morgan fingerprint density at radius 3 is 2.60 bits per heavy atom. The van der Waals surface area contributed by atoms with Crippen molar-refractivity contribution in [3.8, 4) is 0 Å². The molecule has 0 aliphatic heterocycles. The van der Waals surface area contributed by atoms with Gasteiger partial charge >= 0.3 is 0 Å². The average molecular weight is 357 g/mol. The van der Waals surface area contributed by atoms with Crippen LogP contribution < -0.4 is 5.32 Å². The number of non-ortho nitro benzene ring substituents is 1. The Morgan fingerprint density at radius 2 is 1.92 bits per heavy atom. The number of hydrogen-bond donors (Lipinski definition) is 1. The molecule has 0 amide bonds. The smallest absolute Gasteiger partial charge is 0.270 e. The van der Waals surface area contributed by atoms with Gasteiger partial charge in [0.1, 0.15) is 0 Å². The maximum atomic E-state index is 10.8. The highest BCUT2D eigenvalue weighted by Crippen LogP contribution is 2.29. The Kier molecular flexibility index (Phi) is 5.25. The summed E-state index contributed by atoms with van der Waals surface area (Å²) in [6.07, 6.45) is 0.219. The summed E-state index contributed by atoms with van der Waals surface area (Å²) in [4.78, 5) is 14.9. The van der Waals surface area contributed by atoms with Gasteiger partial charge in [-0.15, -0.1) is 0 Å². The zero-order valence-corrected chi connectivity index (χ0v) is 14.9. The number of fused-ring (bicyclic) bond motifs is 1.